The number of hydrogen-bond donors (Lipinski definition) is 2. The number of benzene rings is 2. The van der Waals surface area contributed by atoms with Crippen molar-refractivity contribution < 1.29 is 17.9 Å². The minimum absolute atomic E-state index is 0.0733. The van der Waals surface area contributed by atoms with Crippen LogP contribution in [0.4, 0.5) is 5.69 Å². The summed E-state index contributed by atoms with van der Waals surface area (Å²) in [4.78, 5) is 12.0. The number of hydrogen-bond acceptors (Lipinski definition) is 4. The van der Waals surface area contributed by atoms with Crippen LogP contribution in [0.25, 0.3) is 0 Å². The molecule has 0 saturated carbocycles. The van der Waals surface area contributed by atoms with Gasteiger partial charge in [0.1, 0.15) is 10.6 Å². The van der Waals surface area contributed by atoms with Crippen molar-refractivity contribution in [3.8, 4) is 5.75 Å². The molecule has 2 rings (SSSR count). The highest BCUT2D eigenvalue weighted by molar-refractivity contribution is 7.89. The quantitative estimate of drug-likeness (QED) is 0.899. The molecule has 1 amide bonds. The molecule has 0 bridgehead atoms. The SMILES string of the molecule is COc1cc(NC(=O)c2ccc(C)cc2)ccc1S(N)(=O)=O. The Kier molecular flexibility index (Phi) is 4.48. The summed E-state index contributed by atoms with van der Waals surface area (Å²) in [6.45, 7) is 1.93. The topological polar surface area (TPSA) is 98.5 Å². The molecule has 0 aliphatic rings. The number of methoxy groups -OCH3 is 1. The van der Waals surface area contributed by atoms with Crippen LogP contribution in [0.15, 0.2) is 47.4 Å². The molecule has 0 saturated heterocycles. The molecule has 0 unspecified atom stereocenters. The van der Waals surface area contributed by atoms with Crippen molar-refractivity contribution in [2.24, 2.45) is 5.14 Å². The van der Waals surface area contributed by atoms with Gasteiger partial charge in [0.15, 0.2) is 0 Å². The van der Waals surface area contributed by atoms with Crippen LogP contribution in [0.2, 0.25) is 0 Å². The predicted octanol–water partition coefficient (Wildman–Crippen LogP) is 1.90. The van der Waals surface area contributed by atoms with E-state index in [9.17, 15) is 13.2 Å². The first-order valence-electron chi connectivity index (χ1n) is 6.40. The number of aryl methyl sites for hydroxylation is 1. The van der Waals surface area contributed by atoms with Crippen molar-refractivity contribution in [2.45, 2.75) is 11.8 Å². The van der Waals surface area contributed by atoms with Gasteiger partial charge in [-0.15, -0.1) is 0 Å². The molecule has 3 N–H and O–H groups in total. The second-order valence-corrected chi connectivity index (χ2v) is 6.26. The van der Waals surface area contributed by atoms with Crippen molar-refractivity contribution in [2.75, 3.05) is 12.4 Å². The number of primary sulfonamides is 1. The van der Waals surface area contributed by atoms with Gasteiger partial charge in [-0.3, -0.25) is 4.79 Å². The molecule has 6 nitrogen and oxygen atoms in total. The Labute approximate surface area is 129 Å². The van der Waals surface area contributed by atoms with E-state index in [1.165, 1.54) is 25.3 Å². The van der Waals surface area contributed by atoms with Crippen LogP contribution in [-0.2, 0) is 10.0 Å². The van der Waals surface area contributed by atoms with Crippen molar-refractivity contribution in [3.63, 3.8) is 0 Å². The maximum atomic E-state index is 12.1. The highest BCUT2D eigenvalue weighted by Gasteiger charge is 2.16. The molecular formula is C15H16N2O4S. The molecule has 2 aromatic rings. The lowest BCUT2D eigenvalue weighted by atomic mass is 10.1. The Hall–Kier alpha value is -2.38. The summed E-state index contributed by atoms with van der Waals surface area (Å²) in [5, 5.41) is 7.77. The fourth-order valence-electron chi connectivity index (χ4n) is 1.89. The predicted molar refractivity (Wildman–Crippen MR) is 83.5 cm³/mol. The maximum Gasteiger partial charge on any atom is 0.255 e. The van der Waals surface area contributed by atoms with Gasteiger partial charge < -0.3 is 10.1 Å². The number of ether oxygens (including phenoxy) is 1. The monoisotopic (exact) mass is 320 g/mol. The summed E-state index contributed by atoms with van der Waals surface area (Å²) in [5.74, 6) is -0.227. The Morgan fingerprint density at radius 3 is 2.32 bits per heavy atom. The smallest absolute Gasteiger partial charge is 0.255 e. The van der Waals surface area contributed by atoms with E-state index in [0.717, 1.165) is 5.56 Å². The zero-order valence-electron chi connectivity index (χ0n) is 12.2. The highest BCUT2D eigenvalue weighted by atomic mass is 32.2. The Balaban J connectivity index is 2.27. The second kappa shape index (κ2) is 6.17. The number of amides is 1. The molecule has 2 aromatic carbocycles. The summed E-state index contributed by atoms with van der Waals surface area (Å²) in [6, 6.07) is 11.2. The molecule has 0 radical (unpaired) electrons. The van der Waals surface area contributed by atoms with Gasteiger partial charge >= 0.3 is 0 Å². The van der Waals surface area contributed by atoms with E-state index in [-0.39, 0.29) is 16.6 Å². The second-order valence-electron chi connectivity index (χ2n) is 4.73. The third-order valence-electron chi connectivity index (χ3n) is 3.04. The Bertz CT molecular complexity index is 799. The number of nitrogens with two attached hydrogens (primary N) is 1. The van der Waals surface area contributed by atoms with Crippen LogP contribution < -0.4 is 15.2 Å². The lowest BCUT2D eigenvalue weighted by molar-refractivity contribution is 0.102. The van der Waals surface area contributed by atoms with Crippen LogP contribution in [0.1, 0.15) is 15.9 Å². The largest absolute Gasteiger partial charge is 0.495 e. The zero-order valence-corrected chi connectivity index (χ0v) is 13.0. The fourth-order valence-corrected chi connectivity index (χ4v) is 2.57. The lowest BCUT2D eigenvalue weighted by Gasteiger charge is -2.10. The lowest BCUT2D eigenvalue weighted by Crippen LogP contribution is -2.15. The molecule has 0 aliphatic carbocycles. The first-order chi connectivity index (χ1) is 10.3. The highest BCUT2D eigenvalue weighted by Crippen LogP contribution is 2.26. The van der Waals surface area contributed by atoms with Crippen LogP contribution in [0, 0.1) is 6.92 Å². The first kappa shape index (κ1) is 16.0. The van der Waals surface area contributed by atoms with Crippen molar-refractivity contribution in [3.05, 3.63) is 53.6 Å². The molecule has 0 aromatic heterocycles. The van der Waals surface area contributed by atoms with Crippen LogP contribution >= 0.6 is 0 Å². The van der Waals surface area contributed by atoms with Gasteiger partial charge in [0.05, 0.1) is 7.11 Å². The fraction of sp³-hybridized carbons (Fsp3) is 0.133. The van der Waals surface area contributed by atoms with E-state index in [1.54, 1.807) is 12.1 Å². The van der Waals surface area contributed by atoms with E-state index < -0.39 is 10.0 Å². The minimum atomic E-state index is -3.89. The number of anilines is 1. The molecule has 0 heterocycles. The third kappa shape index (κ3) is 3.63. The average molecular weight is 320 g/mol. The van der Waals surface area contributed by atoms with Crippen LogP contribution in [0.3, 0.4) is 0 Å². The van der Waals surface area contributed by atoms with Gasteiger partial charge in [0, 0.05) is 17.3 Å². The molecule has 0 atom stereocenters. The molecule has 0 fully saturated rings. The molecule has 22 heavy (non-hydrogen) atoms. The number of carbonyl (C=O) groups excluding carboxylic acids is 1. The molecule has 0 spiro atoms. The summed E-state index contributed by atoms with van der Waals surface area (Å²) in [7, 11) is -2.56. The van der Waals surface area contributed by atoms with Gasteiger partial charge in [-0.1, -0.05) is 17.7 Å². The molecule has 116 valence electrons. The number of carbonyl (C=O) groups is 1. The van der Waals surface area contributed by atoms with Gasteiger partial charge in [-0.25, -0.2) is 13.6 Å². The van der Waals surface area contributed by atoms with E-state index in [2.05, 4.69) is 5.32 Å². The molecule has 7 heteroatoms. The average Bonchev–Trinajstić information content (AvgIpc) is 2.46. The maximum absolute atomic E-state index is 12.1. The zero-order chi connectivity index (χ0) is 16.3. The first-order valence-corrected chi connectivity index (χ1v) is 7.95. The Morgan fingerprint density at radius 2 is 1.77 bits per heavy atom. The van der Waals surface area contributed by atoms with E-state index in [1.807, 2.05) is 19.1 Å². The van der Waals surface area contributed by atoms with Crippen molar-refractivity contribution >= 4 is 21.6 Å². The summed E-state index contributed by atoms with van der Waals surface area (Å²) >= 11 is 0. The van der Waals surface area contributed by atoms with Gasteiger partial charge in [-0.2, -0.15) is 0 Å². The summed E-state index contributed by atoms with van der Waals surface area (Å²) < 4.78 is 27.8. The Morgan fingerprint density at radius 1 is 1.14 bits per heavy atom. The summed E-state index contributed by atoms with van der Waals surface area (Å²) in [6.07, 6.45) is 0. The van der Waals surface area contributed by atoms with Gasteiger partial charge in [0.2, 0.25) is 10.0 Å². The minimum Gasteiger partial charge on any atom is -0.495 e. The number of rotatable bonds is 4. The van der Waals surface area contributed by atoms with Gasteiger partial charge in [-0.05, 0) is 31.2 Å². The van der Waals surface area contributed by atoms with Crippen molar-refractivity contribution in [1.82, 2.24) is 0 Å². The van der Waals surface area contributed by atoms with E-state index >= 15 is 0 Å². The molecular weight excluding hydrogens is 304 g/mol. The van der Waals surface area contributed by atoms with E-state index in [4.69, 9.17) is 9.88 Å². The standard InChI is InChI=1S/C15H16N2O4S/c1-10-3-5-11(6-4-10)15(18)17-12-7-8-14(22(16,19)20)13(9-12)21-2/h3-9H,1-2H3,(H,17,18)(H2,16,19,20). The van der Waals surface area contributed by atoms with E-state index in [0.29, 0.717) is 11.3 Å². The van der Waals surface area contributed by atoms with Gasteiger partial charge in [0.25, 0.3) is 5.91 Å². The number of nitrogens with one attached hydrogen (secondary N) is 1. The summed E-state index contributed by atoms with van der Waals surface area (Å²) in [5.41, 5.74) is 1.96. The third-order valence-corrected chi connectivity index (χ3v) is 3.99. The number of sulfonamides is 1. The molecule has 0 aliphatic heterocycles. The van der Waals surface area contributed by atoms with Crippen LogP contribution in [-0.4, -0.2) is 21.4 Å². The van der Waals surface area contributed by atoms with Crippen LogP contribution in [0.5, 0.6) is 5.75 Å². The van der Waals surface area contributed by atoms with Crippen molar-refractivity contribution in [1.29, 1.82) is 0 Å². The normalized spacial score (nSPS) is 11.0.